The maximum absolute atomic E-state index is 12.6. The van der Waals surface area contributed by atoms with Crippen molar-refractivity contribution in [2.45, 2.75) is 17.0 Å². The number of likely N-dealkylation sites (N-methyl/N-ethyl adjacent to an activating group) is 1. The molecule has 2 heterocycles. The van der Waals surface area contributed by atoms with Crippen molar-refractivity contribution in [3.63, 3.8) is 0 Å². The van der Waals surface area contributed by atoms with Crippen molar-refractivity contribution in [2.24, 2.45) is 14.1 Å². The molecule has 1 fully saturated rings. The van der Waals surface area contributed by atoms with Gasteiger partial charge in [-0.25, -0.2) is 13.2 Å². The largest absolute Gasteiger partial charge is 0.390 e. The molecule has 1 saturated heterocycles. The van der Waals surface area contributed by atoms with E-state index in [1.165, 1.54) is 21.1 Å². The van der Waals surface area contributed by atoms with Gasteiger partial charge >= 0.3 is 5.69 Å². The van der Waals surface area contributed by atoms with Crippen molar-refractivity contribution in [1.29, 1.82) is 0 Å². The summed E-state index contributed by atoms with van der Waals surface area (Å²) in [6, 6.07) is -0.656. The first-order chi connectivity index (χ1) is 9.67. The van der Waals surface area contributed by atoms with Crippen LogP contribution in [0.5, 0.6) is 0 Å². The molecule has 1 aliphatic rings. The Labute approximate surface area is 121 Å². The molecule has 0 saturated carbocycles. The predicted molar refractivity (Wildman–Crippen MR) is 74.5 cm³/mol. The Morgan fingerprint density at radius 1 is 1.33 bits per heavy atom. The number of aliphatic hydroxyl groups is 1. The van der Waals surface area contributed by atoms with Gasteiger partial charge < -0.3 is 15.0 Å². The summed E-state index contributed by atoms with van der Waals surface area (Å²) < 4.78 is 27.9. The van der Waals surface area contributed by atoms with Gasteiger partial charge in [0.15, 0.2) is 4.90 Å². The van der Waals surface area contributed by atoms with Gasteiger partial charge in [-0.1, -0.05) is 0 Å². The van der Waals surface area contributed by atoms with E-state index in [-0.39, 0.29) is 6.54 Å². The Hall–Kier alpha value is -1.49. The molecule has 2 N–H and O–H groups in total. The minimum absolute atomic E-state index is 0.288. The molecule has 21 heavy (non-hydrogen) atoms. The summed E-state index contributed by atoms with van der Waals surface area (Å²) in [7, 11) is -0.215. The van der Waals surface area contributed by atoms with Crippen molar-refractivity contribution in [1.82, 2.24) is 18.8 Å². The lowest BCUT2D eigenvalue weighted by molar-refractivity contribution is 0.136. The van der Waals surface area contributed by atoms with E-state index in [0.29, 0.717) is 6.54 Å². The second kappa shape index (κ2) is 5.37. The first kappa shape index (κ1) is 15.9. The van der Waals surface area contributed by atoms with Crippen LogP contribution in [0.3, 0.4) is 0 Å². The molecular formula is C11H18N4O5S. The second-order valence-electron chi connectivity index (χ2n) is 5.07. The van der Waals surface area contributed by atoms with Crippen LogP contribution in [0.1, 0.15) is 0 Å². The third kappa shape index (κ3) is 2.55. The Kier molecular flexibility index (Phi) is 4.06. The molecule has 1 aromatic heterocycles. The molecular weight excluding hydrogens is 300 g/mol. The summed E-state index contributed by atoms with van der Waals surface area (Å²) in [5.41, 5.74) is -1.49. The fourth-order valence-corrected chi connectivity index (χ4v) is 3.84. The predicted octanol–water partition coefficient (Wildman–Crippen LogP) is -2.96. The van der Waals surface area contributed by atoms with Crippen LogP contribution >= 0.6 is 0 Å². The SMILES string of the molecule is CN([C@@H]1CNC[C@H]1O)S(=O)(=O)c1cn(C)c(=O)n(C)c1=O. The molecule has 2 atom stereocenters. The maximum Gasteiger partial charge on any atom is 0.330 e. The number of aryl methyl sites for hydroxylation is 1. The quantitative estimate of drug-likeness (QED) is 0.615. The van der Waals surface area contributed by atoms with Crippen LogP contribution in [-0.2, 0) is 24.1 Å². The number of nitrogens with zero attached hydrogens (tertiary/aromatic N) is 3. The van der Waals surface area contributed by atoms with Crippen LogP contribution in [0.15, 0.2) is 20.7 Å². The standard InChI is InChI=1S/C11H18N4O5S/c1-13-6-9(10(17)14(2)11(13)18)21(19,20)15(3)7-4-12-5-8(7)16/h6-8,12,16H,4-5H2,1-3H3/t7-,8-/m1/s1. The number of hydrogen-bond acceptors (Lipinski definition) is 6. The average Bonchev–Trinajstić information content (AvgIpc) is 2.85. The molecule has 0 spiro atoms. The van der Waals surface area contributed by atoms with Gasteiger partial charge in [-0.2, -0.15) is 4.31 Å². The zero-order valence-electron chi connectivity index (χ0n) is 12.0. The highest BCUT2D eigenvalue weighted by atomic mass is 32.2. The lowest BCUT2D eigenvalue weighted by Crippen LogP contribution is -2.47. The third-order valence-electron chi connectivity index (χ3n) is 3.69. The monoisotopic (exact) mass is 318 g/mol. The highest BCUT2D eigenvalue weighted by molar-refractivity contribution is 7.89. The van der Waals surface area contributed by atoms with E-state index in [0.717, 1.165) is 19.6 Å². The number of sulfonamides is 1. The molecule has 2 rings (SSSR count). The second-order valence-corrected chi connectivity index (χ2v) is 7.03. The van der Waals surface area contributed by atoms with E-state index in [9.17, 15) is 23.1 Å². The summed E-state index contributed by atoms with van der Waals surface area (Å²) >= 11 is 0. The van der Waals surface area contributed by atoms with Gasteiger partial charge in [0.05, 0.1) is 12.1 Å². The summed E-state index contributed by atoms with van der Waals surface area (Å²) in [4.78, 5) is 23.2. The molecule has 0 bridgehead atoms. The summed E-state index contributed by atoms with van der Waals surface area (Å²) in [6.45, 7) is 0.582. The minimum Gasteiger partial charge on any atom is -0.390 e. The minimum atomic E-state index is -4.11. The van der Waals surface area contributed by atoms with Crippen molar-refractivity contribution >= 4 is 10.0 Å². The highest BCUT2D eigenvalue weighted by Gasteiger charge is 2.37. The molecule has 118 valence electrons. The van der Waals surface area contributed by atoms with E-state index in [2.05, 4.69) is 5.32 Å². The number of β-amino-alcohol motifs (C(OH)–C–C–N with tert-alkyl or cyclic N) is 1. The molecule has 1 aliphatic heterocycles. The number of aliphatic hydroxyl groups excluding tert-OH is 1. The van der Waals surface area contributed by atoms with Crippen LogP contribution in [0.2, 0.25) is 0 Å². The molecule has 0 radical (unpaired) electrons. The lowest BCUT2D eigenvalue weighted by Gasteiger charge is -2.25. The fraction of sp³-hybridized carbons (Fsp3) is 0.636. The maximum atomic E-state index is 12.6. The van der Waals surface area contributed by atoms with Gasteiger partial charge in [-0.3, -0.25) is 9.36 Å². The van der Waals surface area contributed by atoms with E-state index in [1.807, 2.05) is 0 Å². The molecule has 9 nitrogen and oxygen atoms in total. The molecule has 1 aromatic rings. The van der Waals surface area contributed by atoms with Gasteiger partial charge in [0, 0.05) is 40.4 Å². The normalized spacial score (nSPS) is 22.9. The number of hydrogen-bond donors (Lipinski definition) is 2. The topological polar surface area (TPSA) is 114 Å². The molecule has 0 unspecified atom stereocenters. The van der Waals surface area contributed by atoms with Crippen molar-refractivity contribution in [3.05, 3.63) is 27.0 Å². The van der Waals surface area contributed by atoms with Crippen molar-refractivity contribution in [3.8, 4) is 0 Å². The number of rotatable bonds is 3. The molecule has 10 heteroatoms. The average molecular weight is 318 g/mol. The first-order valence-corrected chi connectivity index (χ1v) is 7.75. The fourth-order valence-electron chi connectivity index (χ4n) is 2.31. The lowest BCUT2D eigenvalue weighted by atomic mass is 10.2. The zero-order valence-corrected chi connectivity index (χ0v) is 12.8. The van der Waals surface area contributed by atoms with Crippen LogP contribution in [0.4, 0.5) is 0 Å². The van der Waals surface area contributed by atoms with Crippen LogP contribution in [0.25, 0.3) is 0 Å². The molecule has 0 aromatic carbocycles. The van der Waals surface area contributed by atoms with Gasteiger partial charge in [0.1, 0.15) is 0 Å². The highest BCUT2D eigenvalue weighted by Crippen LogP contribution is 2.16. The smallest absolute Gasteiger partial charge is 0.330 e. The van der Waals surface area contributed by atoms with Gasteiger partial charge in [-0.15, -0.1) is 0 Å². The summed E-state index contributed by atoms with van der Waals surface area (Å²) in [5, 5.41) is 12.7. The zero-order chi connectivity index (χ0) is 15.9. The van der Waals surface area contributed by atoms with Crippen LogP contribution in [-0.4, -0.2) is 59.2 Å². The molecule has 0 amide bonds. The van der Waals surface area contributed by atoms with E-state index < -0.39 is 38.3 Å². The van der Waals surface area contributed by atoms with Gasteiger partial charge in [0.2, 0.25) is 10.0 Å². The van der Waals surface area contributed by atoms with Crippen molar-refractivity contribution in [2.75, 3.05) is 20.1 Å². The number of aromatic nitrogens is 2. The number of nitrogens with one attached hydrogen (secondary N) is 1. The first-order valence-electron chi connectivity index (χ1n) is 6.31. The summed E-state index contributed by atoms with van der Waals surface area (Å²) in [5.74, 6) is 0. The van der Waals surface area contributed by atoms with Crippen molar-refractivity contribution < 1.29 is 13.5 Å². The van der Waals surface area contributed by atoms with Gasteiger partial charge in [0.25, 0.3) is 5.56 Å². The van der Waals surface area contributed by atoms with Gasteiger partial charge in [-0.05, 0) is 0 Å². The van der Waals surface area contributed by atoms with Crippen LogP contribution < -0.4 is 16.6 Å². The van der Waals surface area contributed by atoms with E-state index in [4.69, 9.17) is 0 Å². The Balaban J connectivity index is 2.55. The Morgan fingerprint density at radius 2 is 1.95 bits per heavy atom. The Morgan fingerprint density at radius 3 is 2.48 bits per heavy atom. The Bertz CT molecular complexity index is 766. The molecule has 0 aliphatic carbocycles. The van der Waals surface area contributed by atoms with E-state index >= 15 is 0 Å². The summed E-state index contributed by atoms with van der Waals surface area (Å²) in [6.07, 6.45) is 0.159. The van der Waals surface area contributed by atoms with Crippen LogP contribution in [0, 0.1) is 0 Å². The third-order valence-corrected chi connectivity index (χ3v) is 5.56. The van der Waals surface area contributed by atoms with E-state index in [1.54, 1.807) is 0 Å².